The summed E-state index contributed by atoms with van der Waals surface area (Å²) >= 11 is 6.44. The number of benzene rings is 2. The van der Waals surface area contributed by atoms with Crippen molar-refractivity contribution in [1.82, 2.24) is 30.0 Å². The SMILES string of the molecule is Cc1cc(-c2ncnn2C)c2cccc(OCc3c(Cl)cc(F)cc3[C@H](C)NC(=O)c3cocn3)c2n1. The molecule has 1 amide bonds. The highest BCUT2D eigenvalue weighted by Crippen LogP contribution is 2.34. The lowest BCUT2D eigenvalue weighted by Gasteiger charge is -2.20. The minimum atomic E-state index is -0.591. The van der Waals surface area contributed by atoms with Gasteiger partial charge in [-0.05, 0) is 43.7 Å². The van der Waals surface area contributed by atoms with E-state index in [2.05, 4.69) is 20.4 Å². The third kappa shape index (κ3) is 4.88. The molecule has 0 aliphatic rings. The Kier molecular flexibility index (Phi) is 6.58. The third-order valence-electron chi connectivity index (χ3n) is 5.93. The van der Waals surface area contributed by atoms with Crippen LogP contribution in [0.5, 0.6) is 5.75 Å². The number of nitrogens with one attached hydrogen (secondary N) is 1. The normalized spacial score (nSPS) is 12.0. The lowest BCUT2D eigenvalue weighted by molar-refractivity contribution is 0.0934. The van der Waals surface area contributed by atoms with Crippen molar-refractivity contribution in [3.63, 3.8) is 0 Å². The van der Waals surface area contributed by atoms with Gasteiger partial charge in [-0.3, -0.25) is 4.79 Å². The molecular weight excluding hydrogens is 499 g/mol. The predicted octanol–water partition coefficient (Wildman–Crippen LogP) is 5.19. The van der Waals surface area contributed by atoms with Crippen molar-refractivity contribution in [2.45, 2.75) is 26.5 Å². The molecule has 0 spiro atoms. The van der Waals surface area contributed by atoms with Crippen molar-refractivity contribution in [3.05, 3.63) is 88.7 Å². The van der Waals surface area contributed by atoms with Crippen molar-refractivity contribution < 1.29 is 18.3 Å². The Hall–Kier alpha value is -4.31. The van der Waals surface area contributed by atoms with Crippen LogP contribution in [-0.4, -0.2) is 30.6 Å². The van der Waals surface area contributed by atoms with E-state index in [1.807, 2.05) is 38.2 Å². The van der Waals surface area contributed by atoms with Gasteiger partial charge in [0.25, 0.3) is 5.91 Å². The number of nitrogens with zero attached hydrogens (tertiary/aromatic N) is 5. The Bertz CT molecular complexity index is 1600. The fraction of sp³-hybridized carbons (Fsp3) is 0.192. The van der Waals surface area contributed by atoms with Crippen LogP contribution < -0.4 is 10.1 Å². The number of ether oxygens (including phenoxy) is 1. The molecule has 0 unspecified atom stereocenters. The van der Waals surface area contributed by atoms with Gasteiger partial charge in [-0.2, -0.15) is 5.10 Å². The molecule has 37 heavy (non-hydrogen) atoms. The Morgan fingerprint density at radius 1 is 1.27 bits per heavy atom. The number of hydrogen-bond donors (Lipinski definition) is 1. The highest BCUT2D eigenvalue weighted by atomic mass is 35.5. The number of pyridine rings is 1. The van der Waals surface area contributed by atoms with E-state index in [0.717, 1.165) is 23.0 Å². The quantitative estimate of drug-likeness (QED) is 0.314. The zero-order valence-corrected chi connectivity index (χ0v) is 21.0. The van der Waals surface area contributed by atoms with Gasteiger partial charge >= 0.3 is 0 Å². The van der Waals surface area contributed by atoms with Crippen LogP contribution in [0.4, 0.5) is 4.39 Å². The Morgan fingerprint density at radius 3 is 2.84 bits per heavy atom. The first-order valence-corrected chi connectivity index (χ1v) is 11.7. The van der Waals surface area contributed by atoms with Crippen molar-refractivity contribution in [2.75, 3.05) is 0 Å². The van der Waals surface area contributed by atoms with Crippen molar-refractivity contribution in [2.24, 2.45) is 7.05 Å². The van der Waals surface area contributed by atoms with E-state index in [1.54, 1.807) is 11.6 Å². The largest absolute Gasteiger partial charge is 0.487 e. The fourth-order valence-electron chi connectivity index (χ4n) is 4.18. The second kappa shape index (κ2) is 9.98. The van der Waals surface area contributed by atoms with Crippen LogP contribution >= 0.6 is 11.6 Å². The number of aromatic nitrogens is 5. The summed E-state index contributed by atoms with van der Waals surface area (Å²) in [6.45, 7) is 3.64. The van der Waals surface area contributed by atoms with Crippen LogP contribution in [0.3, 0.4) is 0 Å². The van der Waals surface area contributed by atoms with Crippen molar-refractivity contribution >= 4 is 28.4 Å². The molecule has 0 saturated heterocycles. The van der Waals surface area contributed by atoms with Gasteiger partial charge in [0, 0.05) is 29.3 Å². The van der Waals surface area contributed by atoms with Gasteiger partial charge in [-0.25, -0.2) is 24.0 Å². The summed E-state index contributed by atoms with van der Waals surface area (Å²) in [5.74, 6) is 0.240. The number of carbonyl (C=O) groups is 1. The molecule has 2 aromatic carbocycles. The molecule has 0 fully saturated rings. The molecule has 0 aliphatic heterocycles. The van der Waals surface area contributed by atoms with E-state index in [-0.39, 0.29) is 17.3 Å². The summed E-state index contributed by atoms with van der Waals surface area (Å²) in [5.41, 5.74) is 3.43. The standard InChI is InChI=1S/C26H22ClFN6O3/c1-14-7-19(25-29-12-31-34(25)3)17-5-4-6-23(24(17)32-14)37-10-20-18(8-16(28)9-21(20)27)15(2)33-26(35)22-11-36-13-30-22/h4-9,11-13,15H,10H2,1-3H3,(H,33,35)/t15-/m0/s1. The number of amides is 1. The van der Waals surface area contributed by atoms with Gasteiger partial charge in [-0.15, -0.1) is 0 Å². The molecule has 11 heteroatoms. The van der Waals surface area contributed by atoms with Crippen LogP contribution in [0.1, 0.15) is 40.3 Å². The summed E-state index contributed by atoms with van der Waals surface area (Å²) in [6.07, 6.45) is 3.89. The first-order valence-electron chi connectivity index (χ1n) is 11.4. The average molecular weight is 521 g/mol. The van der Waals surface area contributed by atoms with Crippen LogP contribution in [0.25, 0.3) is 22.3 Å². The molecule has 3 heterocycles. The van der Waals surface area contributed by atoms with E-state index in [4.69, 9.17) is 25.7 Å². The fourth-order valence-corrected chi connectivity index (χ4v) is 4.44. The molecule has 188 valence electrons. The summed E-state index contributed by atoms with van der Waals surface area (Å²) in [6, 6.07) is 9.51. The number of aryl methyl sites for hydroxylation is 2. The van der Waals surface area contributed by atoms with Gasteiger partial charge in [0.1, 0.15) is 36.3 Å². The number of oxazole rings is 1. The maximum atomic E-state index is 14.3. The zero-order valence-electron chi connectivity index (χ0n) is 20.2. The monoisotopic (exact) mass is 520 g/mol. The topological polar surface area (TPSA) is 108 Å². The lowest BCUT2D eigenvalue weighted by atomic mass is 10.0. The minimum absolute atomic E-state index is 0.0205. The van der Waals surface area contributed by atoms with Crippen molar-refractivity contribution in [3.8, 4) is 17.1 Å². The molecule has 3 aromatic heterocycles. The second-order valence-corrected chi connectivity index (χ2v) is 8.89. The van der Waals surface area contributed by atoms with Crippen LogP contribution in [-0.2, 0) is 13.7 Å². The maximum Gasteiger partial charge on any atom is 0.273 e. The van der Waals surface area contributed by atoms with Gasteiger partial charge in [0.2, 0.25) is 0 Å². The first kappa shape index (κ1) is 24.4. The third-order valence-corrected chi connectivity index (χ3v) is 6.27. The molecule has 1 atom stereocenters. The average Bonchev–Trinajstić information content (AvgIpc) is 3.55. The molecular formula is C26H22ClFN6O3. The van der Waals surface area contributed by atoms with Crippen LogP contribution in [0.2, 0.25) is 5.02 Å². The van der Waals surface area contributed by atoms with E-state index in [9.17, 15) is 9.18 Å². The van der Waals surface area contributed by atoms with Gasteiger partial charge in [0.05, 0.1) is 11.1 Å². The second-order valence-electron chi connectivity index (χ2n) is 8.48. The number of halogens is 2. The van der Waals surface area contributed by atoms with Crippen LogP contribution in [0, 0.1) is 12.7 Å². The summed E-state index contributed by atoms with van der Waals surface area (Å²) in [5, 5.41) is 7.99. The molecule has 0 bridgehead atoms. The number of fused-ring (bicyclic) bond motifs is 1. The smallest absolute Gasteiger partial charge is 0.273 e. The highest BCUT2D eigenvalue weighted by molar-refractivity contribution is 6.31. The minimum Gasteiger partial charge on any atom is -0.487 e. The molecule has 0 aliphatic carbocycles. The molecule has 5 rings (SSSR count). The Labute approximate surface area is 216 Å². The number of hydrogen-bond acceptors (Lipinski definition) is 7. The van der Waals surface area contributed by atoms with Gasteiger partial charge in [-0.1, -0.05) is 23.7 Å². The lowest BCUT2D eigenvalue weighted by Crippen LogP contribution is -2.28. The molecule has 5 aromatic rings. The van der Waals surface area contributed by atoms with Crippen molar-refractivity contribution in [1.29, 1.82) is 0 Å². The van der Waals surface area contributed by atoms with Crippen LogP contribution in [0.15, 0.2) is 59.8 Å². The first-order chi connectivity index (χ1) is 17.8. The van der Waals surface area contributed by atoms with E-state index >= 15 is 0 Å². The van der Waals surface area contributed by atoms with Gasteiger partial charge in [0.15, 0.2) is 17.9 Å². The van der Waals surface area contributed by atoms with E-state index in [0.29, 0.717) is 28.2 Å². The van der Waals surface area contributed by atoms with Gasteiger partial charge < -0.3 is 14.5 Å². The number of para-hydroxylation sites is 1. The highest BCUT2D eigenvalue weighted by Gasteiger charge is 2.21. The molecule has 9 nitrogen and oxygen atoms in total. The molecule has 0 saturated carbocycles. The Morgan fingerprint density at radius 2 is 2.11 bits per heavy atom. The Balaban J connectivity index is 1.48. The zero-order chi connectivity index (χ0) is 26.1. The molecule has 1 N–H and O–H groups in total. The summed E-state index contributed by atoms with van der Waals surface area (Å²) in [7, 11) is 1.82. The summed E-state index contributed by atoms with van der Waals surface area (Å²) in [4.78, 5) is 25.4. The number of carbonyl (C=O) groups excluding carboxylic acids is 1. The number of rotatable bonds is 7. The van der Waals surface area contributed by atoms with E-state index < -0.39 is 17.8 Å². The maximum absolute atomic E-state index is 14.3. The molecule has 0 radical (unpaired) electrons. The predicted molar refractivity (Wildman–Crippen MR) is 135 cm³/mol. The summed E-state index contributed by atoms with van der Waals surface area (Å²) < 4.78 is 27.1. The van der Waals surface area contributed by atoms with E-state index in [1.165, 1.54) is 24.7 Å².